The molecule has 2 rings (SSSR count). The molecule has 0 fully saturated rings. The van der Waals surface area contributed by atoms with Crippen LogP contribution in [-0.2, 0) is 13.6 Å². The van der Waals surface area contributed by atoms with Crippen molar-refractivity contribution < 1.29 is 9.84 Å². The van der Waals surface area contributed by atoms with Gasteiger partial charge < -0.3 is 9.84 Å². The maximum absolute atomic E-state index is 12.6. The lowest BCUT2D eigenvalue weighted by molar-refractivity contribution is 0.386. The number of methoxy groups -OCH3 is 1. The van der Waals surface area contributed by atoms with Crippen LogP contribution in [0.25, 0.3) is 11.1 Å². The Morgan fingerprint density at radius 2 is 2.00 bits per heavy atom. The molecule has 0 bridgehead atoms. The van der Waals surface area contributed by atoms with Crippen LogP contribution in [0.15, 0.2) is 16.9 Å². The molecular formula is C17H20N2O3. The van der Waals surface area contributed by atoms with E-state index in [4.69, 9.17) is 4.74 Å². The highest BCUT2D eigenvalue weighted by molar-refractivity contribution is 5.78. The molecule has 0 aliphatic carbocycles. The second-order valence-electron chi connectivity index (χ2n) is 4.99. The number of aromatic hydroxyl groups is 1. The number of aryl methyl sites for hydroxylation is 1. The number of nitrogens with zero attached hydrogens (tertiary/aromatic N) is 2. The number of rotatable bonds is 3. The van der Waals surface area contributed by atoms with Gasteiger partial charge in [-0.2, -0.15) is 0 Å². The zero-order valence-corrected chi connectivity index (χ0v) is 13.5. The Hall–Kier alpha value is -2.61. The van der Waals surface area contributed by atoms with E-state index in [1.54, 1.807) is 27.1 Å². The van der Waals surface area contributed by atoms with Gasteiger partial charge in [-0.05, 0) is 38.5 Å². The van der Waals surface area contributed by atoms with E-state index in [1.807, 2.05) is 19.9 Å². The number of ether oxygens (including phenoxy) is 1. The van der Waals surface area contributed by atoms with Gasteiger partial charge in [-0.3, -0.25) is 9.48 Å². The predicted molar refractivity (Wildman–Crippen MR) is 86.3 cm³/mol. The van der Waals surface area contributed by atoms with E-state index in [1.165, 1.54) is 9.36 Å². The Labute approximate surface area is 129 Å². The largest absolute Gasteiger partial charge is 0.496 e. The molecule has 0 atom stereocenters. The van der Waals surface area contributed by atoms with Crippen LogP contribution in [0.4, 0.5) is 0 Å². The van der Waals surface area contributed by atoms with Crippen molar-refractivity contribution in [3.8, 4) is 34.6 Å². The highest BCUT2D eigenvalue weighted by Gasteiger charge is 2.23. The minimum Gasteiger partial charge on any atom is -0.496 e. The van der Waals surface area contributed by atoms with Gasteiger partial charge in [-0.15, -0.1) is 5.92 Å². The van der Waals surface area contributed by atoms with Crippen LogP contribution in [0.5, 0.6) is 11.6 Å². The second kappa shape index (κ2) is 6.02. The van der Waals surface area contributed by atoms with Gasteiger partial charge >= 0.3 is 0 Å². The fraction of sp³-hybridized carbons (Fsp3) is 0.353. The third kappa shape index (κ3) is 2.37. The van der Waals surface area contributed by atoms with Crippen molar-refractivity contribution in [2.75, 3.05) is 7.11 Å². The summed E-state index contributed by atoms with van der Waals surface area (Å²) >= 11 is 0. The average molecular weight is 300 g/mol. The highest BCUT2D eigenvalue weighted by Crippen LogP contribution is 2.37. The van der Waals surface area contributed by atoms with Crippen molar-refractivity contribution in [1.29, 1.82) is 0 Å². The van der Waals surface area contributed by atoms with E-state index < -0.39 is 0 Å². The first-order valence-electron chi connectivity index (χ1n) is 7.06. The third-order valence-electron chi connectivity index (χ3n) is 3.68. The van der Waals surface area contributed by atoms with E-state index in [0.29, 0.717) is 17.9 Å². The van der Waals surface area contributed by atoms with E-state index in [9.17, 15) is 9.90 Å². The van der Waals surface area contributed by atoms with Crippen LogP contribution in [0.3, 0.4) is 0 Å². The van der Waals surface area contributed by atoms with Crippen LogP contribution >= 0.6 is 0 Å². The summed E-state index contributed by atoms with van der Waals surface area (Å²) in [7, 11) is 3.20. The Kier molecular flexibility index (Phi) is 4.32. The predicted octanol–water partition coefficient (Wildman–Crippen LogP) is 2.27. The third-order valence-corrected chi connectivity index (χ3v) is 3.68. The molecule has 22 heavy (non-hydrogen) atoms. The molecule has 0 spiro atoms. The molecule has 2 aromatic rings. The topological polar surface area (TPSA) is 56.4 Å². The van der Waals surface area contributed by atoms with E-state index in [2.05, 4.69) is 11.8 Å². The number of benzene rings is 1. The monoisotopic (exact) mass is 300 g/mol. The number of hydrogen-bond acceptors (Lipinski definition) is 3. The van der Waals surface area contributed by atoms with Crippen molar-refractivity contribution in [3.63, 3.8) is 0 Å². The van der Waals surface area contributed by atoms with Crippen molar-refractivity contribution in [1.82, 2.24) is 9.36 Å². The Morgan fingerprint density at radius 1 is 1.32 bits per heavy atom. The van der Waals surface area contributed by atoms with E-state index in [-0.39, 0.29) is 17.0 Å². The lowest BCUT2D eigenvalue weighted by Gasteiger charge is -2.11. The van der Waals surface area contributed by atoms with Crippen LogP contribution in [-0.4, -0.2) is 21.6 Å². The summed E-state index contributed by atoms with van der Waals surface area (Å²) in [4.78, 5) is 12.6. The maximum atomic E-state index is 12.6. The quantitative estimate of drug-likeness (QED) is 0.885. The SMILES string of the molecule is CC#Cc1cc(C)c(-c2c(O)n(C)n(CC)c2=O)c(OC)c1. The van der Waals surface area contributed by atoms with Gasteiger partial charge in [0.1, 0.15) is 11.3 Å². The summed E-state index contributed by atoms with van der Waals surface area (Å²) in [6, 6.07) is 3.66. The van der Waals surface area contributed by atoms with Gasteiger partial charge in [0.15, 0.2) is 0 Å². The molecular weight excluding hydrogens is 280 g/mol. The van der Waals surface area contributed by atoms with Crippen molar-refractivity contribution in [2.24, 2.45) is 7.05 Å². The lowest BCUT2D eigenvalue weighted by Crippen LogP contribution is -2.20. The summed E-state index contributed by atoms with van der Waals surface area (Å²) in [6.45, 7) is 5.97. The zero-order valence-electron chi connectivity index (χ0n) is 13.5. The molecule has 0 saturated carbocycles. The number of hydrogen-bond donors (Lipinski definition) is 1. The van der Waals surface area contributed by atoms with Crippen LogP contribution in [0, 0.1) is 18.8 Å². The van der Waals surface area contributed by atoms with Crippen molar-refractivity contribution >= 4 is 0 Å². The molecule has 5 nitrogen and oxygen atoms in total. The van der Waals surface area contributed by atoms with Gasteiger partial charge in [0.05, 0.1) is 7.11 Å². The zero-order chi connectivity index (χ0) is 16.4. The molecule has 116 valence electrons. The Bertz CT molecular complexity index is 832. The minimum absolute atomic E-state index is 0.0671. The molecule has 1 N–H and O–H groups in total. The minimum atomic E-state index is -0.238. The smallest absolute Gasteiger partial charge is 0.278 e. The first-order valence-corrected chi connectivity index (χ1v) is 7.06. The van der Waals surface area contributed by atoms with E-state index >= 15 is 0 Å². The summed E-state index contributed by atoms with van der Waals surface area (Å²) in [5.74, 6) is 6.28. The van der Waals surface area contributed by atoms with Gasteiger partial charge in [0.25, 0.3) is 5.56 Å². The number of aromatic nitrogens is 2. The van der Waals surface area contributed by atoms with Gasteiger partial charge in [-0.1, -0.05) is 5.92 Å². The molecule has 5 heteroatoms. The normalized spacial score (nSPS) is 10.2. The fourth-order valence-corrected chi connectivity index (χ4v) is 2.66. The standard InChI is InChI=1S/C17H20N2O3/c1-6-8-12-9-11(3)14(13(10-12)22-5)15-16(20)18(4)19(7-2)17(15)21/h9-10,20H,7H2,1-5H3. The second-order valence-corrected chi connectivity index (χ2v) is 4.99. The molecule has 0 unspecified atom stereocenters. The molecule has 0 aliphatic heterocycles. The van der Waals surface area contributed by atoms with Crippen LogP contribution in [0.1, 0.15) is 25.0 Å². The Morgan fingerprint density at radius 3 is 2.50 bits per heavy atom. The summed E-state index contributed by atoms with van der Waals surface area (Å²) in [6.07, 6.45) is 0. The first-order chi connectivity index (χ1) is 10.5. The van der Waals surface area contributed by atoms with Crippen LogP contribution < -0.4 is 10.3 Å². The first kappa shape index (κ1) is 15.8. The Balaban J connectivity index is 2.83. The highest BCUT2D eigenvalue weighted by atomic mass is 16.5. The maximum Gasteiger partial charge on any atom is 0.278 e. The molecule has 0 aliphatic rings. The molecule has 0 amide bonds. The van der Waals surface area contributed by atoms with Gasteiger partial charge in [0.2, 0.25) is 5.88 Å². The summed E-state index contributed by atoms with van der Waals surface area (Å²) < 4.78 is 8.35. The lowest BCUT2D eigenvalue weighted by atomic mass is 9.99. The molecule has 1 aromatic heterocycles. The van der Waals surface area contributed by atoms with Gasteiger partial charge in [-0.25, -0.2) is 4.68 Å². The molecule has 1 aromatic carbocycles. The molecule has 0 saturated heterocycles. The molecule has 1 heterocycles. The summed E-state index contributed by atoms with van der Waals surface area (Å²) in [5, 5.41) is 10.4. The van der Waals surface area contributed by atoms with E-state index in [0.717, 1.165) is 11.1 Å². The average Bonchev–Trinajstić information content (AvgIpc) is 2.69. The van der Waals surface area contributed by atoms with Crippen molar-refractivity contribution in [3.05, 3.63) is 33.6 Å². The van der Waals surface area contributed by atoms with Crippen LogP contribution in [0.2, 0.25) is 0 Å². The fourth-order valence-electron chi connectivity index (χ4n) is 2.66. The summed E-state index contributed by atoms with van der Waals surface area (Å²) in [5.41, 5.74) is 2.27. The molecule has 0 radical (unpaired) electrons. The van der Waals surface area contributed by atoms with Crippen molar-refractivity contribution in [2.45, 2.75) is 27.3 Å². The van der Waals surface area contributed by atoms with Gasteiger partial charge in [0, 0.05) is 24.7 Å².